The first-order chi connectivity index (χ1) is 9.60. The van der Waals surface area contributed by atoms with E-state index in [-0.39, 0.29) is 6.61 Å². The third-order valence-electron chi connectivity index (χ3n) is 3.22. The highest BCUT2D eigenvalue weighted by atomic mass is 16.5. The molecule has 1 unspecified atom stereocenters. The topological polar surface area (TPSA) is 38.7 Å². The Kier molecular flexibility index (Phi) is 4.64. The van der Waals surface area contributed by atoms with Crippen molar-refractivity contribution in [2.45, 2.75) is 20.0 Å². The zero-order valence-electron chi connectivity index (χ0n) is 12.1. The summed E-state index contributed by atoms with van der Waals surface area (Å²) in [7, 11) is 1.61. The Hall–Kier alpha value is -2.00. The fourth-order valence-corrected chi connectivity index (χ4v) is 1.98. The van der Waals surface area contributed by atoms with E-state index in [1.165, 1.54) is 0 Å². The van der Waals surface area contributed by atoms with Crippen LogP contribution in [0.25, 0.3) is 0 Å². The molecule has 2 aromatic rings. The second-order valence-corrected chi connectivity index (χ2v) is 4.87. The van der Waals surface area contributed by atoms with Gasteiger partial charge in [-0.3, -0.25) is 0 Å². The highest BCUT2D eigenvalue weighted by molar-refractivity contribution is 5.36. The van der Waals surface area contributed by atoms with E-state index in [4.69, 9.17) is 9.47 Å². The molecule has 2 aromatic carbocycles. The Morgan fingerprint density at radius 3 is 2.65 bits per heavy atom. The quantitative estimate of drug-likeness (QED) is 0.906. The summed E-state index contributed by atoms with van der Waals surface area (Å²) < 4.78 is 10.9. The molecule has 3 heteroatoms. The van der Waals surface area contributed by atoms with Crippen molar-refractivity contribution < 1.29 is 14.6 Å². The SMILES string of the molecule is COc1cccc(C(O)COc2cc(C)ccc2C)c1. The molecule has 0 amide bonds. The summed E-state index contributed by atoms with van der Waals surface area (Å²) in [6, 6.07) is 13.4. The van der Waals surface area contributed by atoms with Gasteiger partial charge in [0.2, 0.25) is 0 Å². The molecular weight excluding hydrogens is 252 g/mol. The molecule has 0 aliphatic carbocycles. The lowest BCUT2D eigenvalue weighted by atomic mass is 10.1. The fourth-order valence-electron chi connectivity index (χ4n) is 1.98. The molecule has 3 nitrogen and oxygen atoms in total. The lowest BCUT2D eigenvalue weighted by Crippen LogP contribution is -2.10. The molecule has 0 spiro atoms. The van der Waals surface area contributed by atoms with Gasteiger partial charge in [-0.1, -0.05) is 24.3 Å². The van der Waals surface area contributed by atoms with E-state index in [1.54, 1.807) is 7.11 Å². The summed E-state index contributed by atoms with van der Waals surface area (Å²) in [5.41, 5.74) is 2.99. The summed E-state index contributed by atoms with van der Waals surface area (Å²) in [4.78, 5) is 0. The lowest BCUT2D eigenvalue weighted by molar-refractivity contribution is 0.107. The molecule has 0 aliphatic rings. The van der Waals surface area contributed by atoms with Crippen LogP contribution < -0.4 is 9.47 Å². The Labute approximate surface area is 119 Å². The van der Waals surface area contributed by atoms with Crippen LogP contribution in [-0.2, 0) is 0 Å². The van der Waals surface area contributed by atoms with Gasteiger partial charge in [0.25, 0.3) is 0 Å². The van der Waals surface area contributed by atoms with Gasteiger partial charge in [0, 0.05) is 0 Å². The van der Waals surface area contributed by atoms with Crippen LogP contribution >= 0.6 is 0 Å². The van der Waals surface area contributed by atoms with Gasteiger partial charge in [-0.25, -0.2) is 0 Å². The van der Waals surface area contributed by atoms with Crippen molar-refractivity contribution in [3.05, 3.63) is 59.2 Å². The van der Waals surface area contributed by atoms with Crippen LogP contribution in [0.2, 0.25) is 0 Å². The molecule has 0 radical (unpaired) electrons. The number of aliphatic hydroxyl groups excluding tert-OH is 1. The first-order valence-corrected chi connectivity index (χ1v) is 6.62. The third-order valence-corrected chi connectivity index (χ3v) is 3.22. The maximum atomic E-state index is 10.2. The molecule has 1 atom stereocenters. The van der Waals surface area contributed by atoms with Crippen LogP contribution in [0.15, 0.2) is 42.5 Å². The van der Waals surface area contributed by atoms with E-state index in [0.29, 0.717) is 0 Å². The van der Waals surface area contributed by atoms with E-state index in [1.807, 2.05) is 56.3 Å². The molecule has 0 bridgehead atoms. The first-order valence-electron chi connectivity index (χ1n) is 6.62. The number of hydrogen-bond acceptors (Lipinski definition) is 3. The Morgan fingerprint density at radius 2 is 1.90 bits per heavy atom. The van der Waals surface area contributed by atoms with Gasteiger partial charge in [-0.2, -0.15) is 0 Å². The monoisotopic (exact) mass is 272 g/mol. The number of benzene rings is 2. The van der Waals surface area contributed by atoms with Gasteiger partial charge >= 0.3 is 0 Å². The second kappa shape index (κ2) is 6.44. The number of hydrogen-bond donors (Lipinski definition) is 1. The van der Waals surface area contributed by atoms with Crippen LogP contribution in [0.5, 0.6) is 11.5 Å². The standard InChI is InChI=1S/C17H20O3/c1-12-7-8-13(2)17(9-12)20-11-16(18)14-5-4-6-15(10-14)19-3/h4-10,16,18H,11H2,1-3H3. The van der Waals surface area contributed by atoms with Crippen LogP contribution in [0, 0.1) is 13.8 Å². The van der Waals surface area contributed by atoms with E-state index in [9.17, 15) is 5.11 Å². The first kappa shape index (κ1) is 14.4. The number of ether oxygens (including phenoxy) is 2. The maximum Gasteiger partial charge on any atom is 0.122 e. The number of aryl methyl sites for hydroxylation is 2. The normalized spacial score (nSPS) is 12.0. The summed E-state index contributed by atoms with van der Waals surface area (Å²) in [6.45, 7) is 4.23. The average molecular weight is 272 g/mol. The lowest BCUT2D eigenvalue weighted by Gasteiger charge is -2.15. The van der Waals surface area contributed by atoms with Gasteiger partial charge in [0.15, 0.2) is 0 Å². The minimum absolute atomic E-state index is 0.220. The zero-order chi connectivity index (χ0) is 14.5. The smallest absolute Gasteiger partial charge is 0.122 e. The molecule has 1 N–H and O–H groups in total. The summed E-state index contributed by atoms with van der Waals surface area (Å²) >= 11 is 0. The molecular formula is C17H20O3. The van der Waals surface area contributed by atoms with Crippen LogP contribution in [0.3, 0.4) is 0 Å². The Morgan fingerprint density at radius 1 is 1.10 bits per heavy atom. The van der Waals surface area contributed by atoms with Crippen molar-refractivity contribution in [1.29, 1.82) is 0 Å². The molecule has 0 aliphatic heterocycles. The van der Waals surface area contributed by atoms with Crippen molar-refractivity contribution >= 4 is 0 Å². The van der Waals surface area contributed by atoms with Gasteiger partial charge in [-0.05, 0) is 48.7 Å². The molecule has 0 heterocycles. The number of methoxy groups -OCH3 is 1. The van der Waals surface area contributed by atoms with E-state index in [2.05, 4.69) is 0 Å². The highest BCUT2D eigenvalue weighted by Gasteiger charge is 2.10. The van der Waals surface area contributed by atoms with Crippen LogP contribution in [0.1, 0.15) is 22.8 Å². The summed E-state index contributed by atoms with van der Waals surface area (Å²) in [5.74, 6) is 1.54. The van der Waals surface area contributed by atoms with E-state index >= 15 is 0 Å². The second-order valence-electron chi connectivity index (χ2n) is 4.87. The van der Waals surface area contributed by atoms with Crippen LogP contribution in [-0.4, -0.2) is 18.8 Å². The molecule has 106 valence electrons. The zero-order valence-corrected chi connectivity index (χ0v) is 12.1. The summed E-state index contributed by atoms with van der Waals surface area (Å²) in [5, 5.41) is 10.2. The average Bonchev–Trinajstić information content (AvgIpc) is 2.48. The predicted molar refractivity (Wildman–Crippen MR) is 79.4 cm³/mol. The van der Waals surface area contributed by atoms with Crippen molar-refractivity contribution in [3.63, 3.8) is 0 Å². The van der Waals surface area contributed by atoms with Gasteiger partial charge in [-0.15, -0.1) is 0 Å². The Balaban J connectivity index is 2.04. The van der Waals surface area contributed by atoms with Crippen molar-refractivity contribution in [2.75, 3.05) is 13.7 Å². The molecule has 0 saturated heterocycles. The number of rotatable bonds is 5. The molecule has 0 fully saturated rings. The Bertz CT molecular complexity index is 578. The van der Waals surface area contributed by atoms with Crippen molar-refractivity contribution in [2.24, 2.45) is 0 Å². The minimum atomic E-state index is -0.676. The maximum absolute atomic E-state index is 10.2. The van der Waals surface area contributed by atoms with Gasteiger partial charge in [0.05, 0.1) is 7.11 Å². The summed E-state index contributed by atoms with van der Waals surface area (Å²) in [6.07, 6.45) is -0.676. The molecule has 2 rings (SSSR count). The van der Waals surface area contributed by atoms with Gasteiger partial charge < -0.3 is 14.6 Å². The van der Waals surface area contributed by atoms with Gasteiger partial charge in [0.1, 0.15) is 24.2 Å². The van der Waals surface area contributed by atoms with E-state index in [0.717, 1.165) is 28.2 Å². The third kappa shape index (κ3) is 3.52. The highest BCUT2D eigenvalue weighted by Crippen LogP contribution is 2.23. The minimum Gasteiger partial charge on any atom is -0.497 e. The largest absolute Gasteiger partial charge is 0.497 e. The molecule has 20 heavy (non-hydrogen) atoms. The predicted octanol–water partition coefficient (Wildman–Crippen LogP) is 3.42. The fraction of sp³-hybridized carbons (Fsp3) is 0.294. The van der Waals surface area contributed by atoms with Crippen molar-refractivity contribution in [3.8, 4) is 11.5 Å². The molecule has 0 saturated carbocycles. The number of aliphatic hydroxyl groups is 1. The van der Waals surface area contributed by atoms with E-state index < -0.39 is 6.10 Å². The van der Waals surface area contributed by atoms with Crippen LogP contribution in [0.4, 0.5) is 0 Å². The molecule has 0 aromatic heterocycles. The van der Waals surface area contributed by atoms with Crippen molar-refractivity contribution in [1.82, 2.24) is 0 Å².